The smallest absolute Gasteiger partial charge is 0.274 e. The van der Waals surface area contributed by atoms with E-state index in [0.29, 0.717) is 11.3 Å². The third kappa shape index (κ3) is 3.99. The van der Waals surface area contributed by atoms with E-state index in [4.69, 9.17) is 10.6 Å². The van der Waals surface area contributed by atoms with E-state index in [1.54, 1.807) is 24.3 Å². The van der Waals surface area contributed by atoms with E-state index >= 15 is 0 Å². The summed E-state index contributed by atoms with van der Waals surface area (Å²) >= 11 is 0. The molecule has 1 aromatic rings. The summed E-state index contributed by atoms with van der Waals surface area (Å²) in [7, 11) is 0. The number of hydrogen-bond acceptors (Lipinski definition) is 3. The van der Waals surface area contributed by atoms with Gasteiger partial charge < -0.3 is 5.73 Å². The van der Waals surface area contributed by atoms with Crippen LogP contribution in [0.1, 0.15) is 31.1 Å². The number of nitrogens with two attached hydrogens (primary N) is 1. The van der Waals surface area contributed by atoms with E-state index < -0.39 is 5.60 Å². The van der Waals surface area contributed by atoms with Gasteiger partial charge in [0.15, 0.2) is 0 Å². The Bertz CT molecular complexity index is 356. The molecule has 0 spiro atoms. The Balaban J connectivity index is 2.62. The number of rotatable bonds is 2. The zero-order valence-corrected chi connectivity index (χ0v) is 9.20. The molecule has 15 heavy (non-hydrogen) atoms. The van der Waals surface area contributed by atoms with E-state index in [0.717, 1.165) is 0 Å². The summed E-state index contributed by atoms with van der Waals surface area (Å²) in [6, 6.07) is 6.72. The Morgan fingerprint density at radius 3 is 2.60 bits per heavy atom. The van der Waals surface area contributed by atoms with Crippen molar-refractivity contribution in [3.63, 3.8) is 0 Å². The van der Waals surface area contributed by atoms with Gasteiger partial charge in [-0.2, -0.15) is 0 Å². The first kappa shape index (κ1) is 11.5. The van der Waals surface area contributed by atoms with Crippen molar-refractivity contribution in [3.05, 3.63) is 29.8 Å². The van der Waals surface area contributed by atoms with Crippen molar-refractivity contribution in [1.29, 1.82) is 0 Å². The van der Waals surface area contributed by atoms with Gasteiger partial charge in [0.1, 0.15) is 0 Å². The van der Waals surface area contributed by atoms with E-state index in [1.807, 2.05) is 20.8 Å². The second-order valence-electron chi connectivity index (χ2n) is 4.27. The predicted octanol–water partition coefficient (Wildman–Crippen LogP) is 1.73. The number of benzene rings is 1. The molecule has 0 saturated carbocycles. The molecule has 1 aromatic carbocycles. The molecule has 0 aliphatic heterocycles. The topological polar surface area (TPSA) is 64.3 Å². The minimum atomic E-state index is -0.407. The highest BCUT2D eigenvalue weighted by Gasteiger charge is 2.13. The van der Waals surface area contributed by atoms with Crippen LogP contribution in [0, 0.1) is 0 Å². The fourth-order valence-electron chi connectivity index (χ4n) is 0.938. The Hall–Kier alpha value is -1.55. The van der Waals surface area contributed by atoms with E-state index in [1.165, 1.54) is 0 Å². The quantitative estimate of drug-likeness (QED) is 0.574. The number of carbonyl (C=O) groups excluding carboxylic acids is 1. The second-order valence-corrected chi connectivity index (χ2v) is 4.27. The Kier molecular flexibility index (Phi) is 3.31. The van der Waals surface area contributed by atoms with Crippen molar-refractivity contribution in [3.8, 4) is 0 Å². The first-order valence-electron chi connectivity index (χ1n) is 4.72. The van der Waals surface area contributed by atoms with Gasteiger partial charge >= 0.3 is 0 Å². The number of nitrogen functional groups attached to an aromatic ring is 1. The molecule has 0 aromatic heterocycles. The van der Waals surface area contributed by atoms with Crippen molar-refractivity contribution in [2.24, 2.45) is 0 Å². The lowest BCUT2D eigenvalue weighted by atomic mass is 10.2. The molecule has 3 N–H and O–H groups in total. The largest absolute Gasteiger partial charge is 0.399 e. The van der Waals surface area contributed by atoms with Crippen LogP contribution in [0.3, 0.4) is 0 Å². The summed E-state index contributed by atoms with van der Waals surface area (Å²) < 4.78 is 0. The van der Waals surface area contributed by atoms with E-state index in [2.05, 4.69) is 5.48 Å². The highest BCUT2D eigenvalue weighted by molar-refractivity contribution is 5.94. The number of nitrogens with one attached hydrogen (secondary N) is 1. The molecule has 0 fully saturated rings. The summed E-state index contributed by atoms with van der Waals surface area (Å²) in [6.45, 7) is 5.56. The third-order valence-corrected chi connectivity index (χ3v) is 1.60. The molecular weight excluding hydrogens is 192 g/mol. The average molecular weight is 208 g/mol. The lowest BCUT2D eigenvalue weighted by molar-refractivity contribution is -0.0589. The van der Waals surface area contributed by atoms with Crippen LogP contribution in [0.25, 0.3) is 0 Å². The van der Waals surface area contributed by atoms with Crippen LogP contribution in [0.5, 0.6) is 0 Å². The van der Waals surface area contributed by atoms with E-state index in [-0.39, 0.29) is 5.91 Å². The third-order valence-electron chi connectivity index (χ3n) is 1.60. The van der Waals surface area contributed by atoms with Gasteiger partial charge in [-0.15, -0.1) is 0 Å². The van der Waals surface area contributed by atoms with Crippen molar-refractivity contribution in [2.75, 3.05) is 5.73 Å². The molecule has 0 saturated heterocycles. The SMILES string of the molecule is CC(C)(C)ONC(=O)c1cccc(N)c1. The van der Waals surface area contributed by atoms with Crippen molar-refractivity contribution < 1.29 is 9.63 Å². The number of amides is 1. The summed E-state index contributed by atoms with van der Waals surface area (Å²) in [4.78, 5) is 16.7. The Morgan fingerprint density at radius 1 is 1.40 bits per heavy atom. The molecule has 0 heterocycles. The highest BCUT2D eigenvalue weighted by Crippen LogP contribution is 2.08. The minimum Gasteiger partial charge on any atom is -0.399 e. The molecule has 4 heteroatoms. The Morgan fingerprint density at radius 2 is 2.07 bits per heavy atom. The van der Waals surface area contributed by atoms with E-state index in [9.17, 15) is 4.79 Å². The van der Waals surface area contributed by atoms with Gasteiger partial charge in [-0.05, 0) is 39.0 Å². The molecule has 0 unspecified atom stereocenters. The van der Waals surface area contributed by atoms with Crippen LogP contribution in [0.4, 0.5) is 5.69 Å². The summed E-state index contributed by atoms with van der Waals surface area (Å²) in [6.07, 6.45) is 0. The van der Waals surface area contributed by atoms with Crippen molar-refractivity contribution in [1.82, 2.24) is 5.48 Å². The van der Waals surface area contributed by atoms with Crippen LogP contribution in [-0.2, 0) is 4.84 Å². The Labute approximate surface area is 89.4 Å². The average Bonchev–Trinajstić information content (AvgIpc) is 2.13. The highest BCUT2D eigenvalue weighted by atomic mass is 16.7. The maximum absolute atomic E-state index is 11.6. The van der Waals surface area contributed by atoms with Gasteiger partial charge in [-0.1, -0.05) is 6.07 Å². The maximum atomic E-state index is 11.6. The predicted molar refractivity (Wildman–Crippen MR) is 59.2 cm³/mol. The number of hydroxylamine groups is 1. The normalized spacial score (nSPS) is 11.1. The van der Waals surface area contributed by atoms with Gasteiger partial charge in [0, 0.05) is 11.3 Å². The van der Waals surface area contributed by atoms with Gasteiger partial charge in [0.2, 0.25) is 0 Å². The molecule has 0 aliphatic rings. The van der Waals surface area contributed by atoms with Gasteiger partial charge in [-0.25, -0.2) is 5.48 Å². The monoisotopic (exact) mass is 208 g/mol. The van der Waals surface area contributed by atoms with Crippen LogP contribution in [-0.4, -0.2) is 11.5 Å². The number of anilines is 1. The molecule has 1 amide bonds. The lowest BCUT2D eigenvalue weighted by Gasteiger charge is -2.18. The fourth-order valence-corrected chi connectivity index (χ4v) is 0.938. The van der Waals surface area contributed by atoms with Gasteiger partial charge in [-0.3, -0.25) is 9.63 Å². The van der Waals surface area contributed by atoms with Crippen molar-refractivity contribution >= 4 is 11.6 Å². The first-order valence-corrected chi connectivity index (χ1v) is 4.72. The lowest BCUT2D eigenvalue weighted by Crippen LogP contribution is -2.33. The first-order chi connectivity index (χ1) is 6.88. The van der Waals surface area contributed by atoms with Crippen LogP contribution >= 0.6 is 0 Å². The maximum Gasteiger partial charge on any atom is 0.274 e. The molecule has 0 bridgehead atoms. The number of carbonyl (C=O) groups is 1. The zero-order chi connectivity index (χ0) is 11.5. The fraction of sp³-hybridized carbons (Fsp3) is 0.364. The molecular formula is C11H16N2O2. The molecule has 1 rings (SSSR count). The van der Waals surface area contributed by atoms with Crippen LogP contribution in [0.2, 0.25) is 0 Å². The molecule has 0 radical (unpaired) electrons. The zero-order valence-electron chi connectivity index (χ0n) is 9.20. The summed E-state index contributed by atoms with van der Waals surface area (Å²) in [5.41, 5.74) is 8.56. The molecule has 0 atom stereocenters. The molecule has 82 valence electrons. The molecule has 4 nitrogen and oxygen atoms in total. The minimum absolute atomic E-state index is 0.294. The second kappa shape index (κ2) is 4.31. The summed E-state index contributed by atoms with van der Waals surface area (Å²) in [5, 5.41) is 0. The van der Waals surface area contributed by atoms with Gasteiger partial charge in [0.05, 0.1) is 5.60 Å². The van der Waals surface area contributed by atoms with Crippen molar-refractivity contribution in [2.45, 2.75) is 26.4 Å². The summed E-state index contributed by atoms with van der Waals surface area (Å²) in [5.74, 6) is -0.294. The molecule has 0 aliphatic carbocycles. The number of hydrogen-bond donors (Lipinski definition) is 2. The van der Waals surface area contributed by atoms with Crippen LogP contribution in [0.15, 0.2) is 24.3 Å². The van der Waals surface area contributed by atoms with Gasteiger partial charge in [0.25, 0.3) is 5.91 Å². The van der Waals surface area contributed by atoms with Crippen LogP contribution < -0.4 is 11.2 Å². The standard InChI is InChI=1S/C11H16N2O2/c1-11(2,3)15-13-10(14)8-5-4-6-9(12)7-8/h4-7H,12H2,1-3H3,(H,13,14).